The summed E-state index contributed by atoms with van der Waals surface area (Å²) in [4.78, 5) is 13.3. The second-order valence-electron chi connectivity index (χ2n) is 8.13. The van der Waals surface area contributed by atoms with E-state index in [1.165, 1.54) is 0 Å². The zero-order chi connectivity index (χ0) is 22.1. The molecule has 7 heteroatoms. The van der Waals surface area contributed by atoms with Crippen molar-refractivity contribution < 1.29 is 14.3 Å². The number of rotatable bonds is 2. The van der Waals surface area contributed by atoms with Crippen molar-refractivity contribution in [2.24, 2.45) is 0 Å². The molecule has 32 heavy (non-hydrogen) atoms. The topological polar surface area (TPSA) is 47.6 Å². The molecule has 0 bridgehead atoms. The Hall–Kier alpha value is -2.28. The lowest BCUT2D eigenvalue weighted by atomic mass is 9.80. The van der Waals surface area contributed by atoms with Crippen LogP contribution in [0.2, 0.25) is 5.02 Å². The largest absolute Gasteiger partial charge is 0.454 e. The Kier molecular flexibility index (Phi) is 4.68. The Morgan fingerprint density at radius 3 is 2.53 bits per heavy atom. The molecule has 1 aliphatic carbocycles. The van der Waals surface area contributed by atoms with Gasteiger partial charge < -0.3 is 14.8 Å². The van der Waals surface area contributed by atoms with Crippen LogP contribution in [-0.2, 0) is 4.79 Å². The average molecular weight is 574 g/mol. The number of benzene rings is 3. The molecule has 0 radical (unpaired) electrons. The van der Waals surface area contributed by atoms with Crippen LogP contribution in [0.25, 0.3) is 5.57 Å². The number of hydrogen-bond donors (Lipinski definition) is 1. The molecule has 0 fully saturated rings. The van der Waals surface area contributed by atoms with Gasteiger partial charge in [0.15, 0.2) is 11.5 Å². The fourth-order valence-electron chi connectivity index (χ4n) is 5.14. The van der Waals surface area contributed by atoms with Gasteiger partial charge in [0.2, 0.25) is 12.7 Å². The minimum Gasteiger partial charge on any atom is -0.454 e. The molecule has 1 amide bonds. The SMILES string of the molecule is CC1=C(c2cc3c(cc2Cl)OCO3)c2ccccc2C1C1C(=O)Nc2c(Br)cc(Br)cc21. The standard InChI is InChI=1S/C25H16Br2ClNO3/c1-11-21(15-8-19-20(9-18(15)28)32-10-31-19)13-4-2-3-5-14(13)22(11)23-16-6-12(26)7-17(27)24(16)29-25(23)30/h2-9,22-23H,10H2,1H3,(H,29,30). The summed E-state index contributed by atoms with van der Waals surface area (Å²) >= 11 is 13.9. The number of allylic oxidation sites excluding steroid dienone is 1. The normalized spacial score (nSPS) is 20.4. The van der Waals surface area contributed by atoms with E-state index >= 15 is 0 Å². The number of carbonyl (C=O) groups excluding carboxylic acids is 1. The first-order valence-corrected chi connectivity index (χ1v) is 12.1. The maximum atomic E-state index is 13.3. The Morgan fingerprint density at radius 2 is 1.72 bits per heavy atom. The van der Waals surface area contributed by atoms with Crippen molar-refractivity contribution in [3.8, 4) is 11.5 Å². The van der Waals surface area contributed by atoms with E-state index in [0.29, 0.717) is 16.5 Å². The van der Waals surface area contributed by atoms with Crippen molar-refractivity contribution in [1.29, 1.82) is 0 Å². The molecule has 2 heterocycles. The van der Waals surface area contributed by atoms with Crippen LogP contribution in [0.15, 0.2) is 63.0 Å². The molecule has 6 rings (SSSR count). The number of carbonyl (C=O) groups is 1. The van der Waals surface area contributed by atoms with Gasteiger partial charge in [-0.3, -0.25) is 4.79 Å². The molecule has 0 saturated heterocycles. The Bertz CT molecular complexity index is 1370. The highest BCUT2D eigenvalue weighted by molar-refractivity contribution is 9.11. The highest BCUT2D eigenvalue weighted by Crippen LogP contribution is 2.56. The van der Waals surface area contributed by atoms with E-state index in [0.717, 1.165) is 48.0 Å². The maximum absolute atomic E-state index is 13.3. The Morgan fingerprint density at radius 1 is 0.969 bits per heavy atom. The zero-order valence-electron chi connectivity index (χ0n) is 16.8. The highest BCUT2D eigenvalue weighted by atomic mass is 79.9. The van der Waals surface area contributed by atoms with Crippen LogP contribution in [0.4, 0.5) is 5.69 Å². The van der Waals surface area contributed by atoms with Gasteiger partial charge in [0, 0.05) is 26.5 Å². The van der Waals surface area contributed by atoms with Gasteiger partial charge in [-0.1, -0.05) is 57.4 Å². The van der Waals surface area contributed by atoms with E-state index in [-0.39, 0.29) is 24.5 Å². The molecule has 3 aliphatic rings. The van der Waals surface area contributed by atoms with Crippen LogP contribution in [0.1, 0.15) is 41.0 Å². The van der Waals surface area contributed by atoms with E-state index in [4.69, 9.17) is 21.1 Å². The van der Waals surface area contributed by atoms with E-state index in [1.807, 2.05) is 30.3 Å². The predicted octanol–water partition coefficient (Wildman–Crippen LogP) is 7.25. The molecule has 4 nitrogen and oxygen atoms in total. The Labute approximate surface area is 206 Å². The van der Waals surface area contributed by atoms with Gasteiger partial charge in [-0.05, 0) is 63.3 Å². The molecule has 1 N–H and O–H groups in total. The number of nitrogens with one attached hydrogen (secondary N) is 1. The van der Waals surface area contributed by atoms with Crippen LogP contribution >= 0.6 is 43.5 Å². The monoisotopic (exact) mass is 571 g/mol. The van der Waals surface area contributed by atoms with E-state index in [2.05, 4.69) is 56.2 Å². The summed E-state index contributed by atoms with van der Waals surface area (Å²) in [5.74, 6) is 0.882. The predicted molar refractivity (Wildman–Crippen MR) is 132 cm³/mol. The third kappa shape index (κ3) is 2.89. The summed E-state index contributed by atoms with van der Waals surface area (Å²) in [6.07, 6.45) is 0. The van der Waals surface area contributed by atoms with Crippen LogP contribution in [0.3, 0.4) is 0 Å². The van der Waals surface area contributed by atoms with Gasteiger partial charge in [0.25, 0.3) is 0 Å². The van der Waals surface area contributed by atoms with Gasteiger partial charge in [-0.15, -0.1) is 0 Å². The van der Waals surface area contributed by atoms with Crippen molar-refractivity contribution in [3.05, 3.63) is 90.3 Å². The lowest BCUT2D eigenvalue weighted by Gasteiger charge is -2.21. The van der Waals surface area contributed by atoms with Crippen molar-refractivity contribution in [2.75, 3.05) is 12.1 Å². The van der Waals surface area contributed by atoms with Gasteiger partial charge >= 0.3 is 0 Å². The van der Waals surface area contributed by atoms with Gasteiger partial charge in [-0.2, -0.15) is 0 Å². The average Bonchev–Trinajstić information content (AvgIpc) is 3.41. The van der Waals surface area contributed by atoms with Crippen molar-refractivity contribution in [1.82, 2.24) is 0 Å². The number of hydrogen-bond acceptors (Lipinski definition) is 3. The van der Waals surface area contributed by atoms with Crippen LogP contribution < -0.4 is 14.8 Å². The minimum absolute atomic E-state index is 0.00372. The number of anilines is 1. The van der Waals surface area contributed by atoms with Crippen LogP contribution in [0.5, 0.6) is 11.5 Å². The van der Waals surface area contributed by atoms with Crippen molar-refractivity contribution in [2.45, 2.75) is 18.8 Å². The van der Waals surface area contributed by atoms with Crippen molar-refractivity contribution in [3.63, 3.8) is 0 Å². The summed E-state index contributed by atoms with van der Waals surface area (Å²) in [6, 6.07) is 16.0. The summed E-state index contributed by atoms with van der Waals surface area (Å²) < 4.78 is 12.9. The minimum atomic E-state index is -0.342. The van der Waals surface area contributed by atoms with Crippen LogP contribution in [-0.4, -0.2) is 12.7 Å². The third-order valence-electron chi connectivity index (χ3n) is 6.44. The molecular weight excluding hydrogens is 558 g/mol. The van der Waals surface area contributed by atoms with Gasteiger partial charge in [0.1, 0.15) is 0 Å². The molecule has 0 aromatic heterocycles. The quantitative estimate of drug-likeness (QED) is 0.351. The molecule has 3 aromatic carbocycles. The molecule has 0 spiro atoms. The second-order valence-corrected chi connectivity index (χ2v) is 10.3. The zero-order valence-corrected chi connectivity index (χ0v) is 20.8. The number of fused-ring (bicyclic) bond motifs is 3. The number of halogens is 3. The number of amides is 1. The van der Waals surface area contributed by atoms with E-state index in [1.54, 1.807) is 6.07 Å². The van der Waals surface area contributed by atoms with Crippen LogP contribution in [0, 0.1) is 0 Å². The lowest BCUT2D eigenvalue weighted by Crippen LogP contribution is -2.19. The van der Waals surface area contributed by atoms with E-state index < -0.39 is 0 Å². The molecule has 160 valence electrons. The smallest absolute Gasteiger partial charge is 0.232 e. The molecule has 2 aliphatic heterocycles. The van der Waals surface area contributed by atoms with Crippen molar-refractivity contribution >= 4 is 60.6 Å². The van der Waals surface area contributed by atoms with Gasteiger partial charge in [0.05, 0.1) is 16.6 Å². The third-order valence-corrected chi connectivity index (χ3v) is 7.84. The lowest BCUT2D eigenvalue weighted by molar-refractivity contribution is -0.117. The summed E-state index contributed by atoms with van der Waals surface area (Å²) in [7, 11) is 0. The second kappa shape index (κ2) is 7.37. The summed E-state index contributed by atoms with van der Waals surface area (Å²) in [5.41, 5.74) is 7.07. The first-order valence-electron chi connectivity index (χ1n) is 10.1. The first-order chi connectivity index (χ1) is 15.4. The molecule has 3 aromatic rings. The first kappa shape index (κ1) is 20.3. The highest BCUT2D eigenvalue weighted by Gasteiger charge is 2.44. The summed E-state index contributed by atoms with van der Waals surface area (Å²) in [6.45, 7) is 2.29. The fraction of sp³-hybridized carbons (Fsp3) is 0.160. The van der Waals surface area contributed by atoms with Gasteiger partial charge in [-0.25, -0.2) is 0 Å². The molecule has 2 unspecified atom stereocenters. The molecule has 0 saturated carbocycles. The number of ether oxygens (including phenoxy) is 2. The molecule has 2 atom stereocenters. The maximum Gasteiger partial charge on any atom is 0.232 e. The van der Waals surface area contributed by atoms with E-state index in [9.17, 15) is 4.79 Å². The Balaban J connectivity index is 1.57. The fourth-order valence-corrected chi connectivity index (χ4v) is 6.74. The summed E-state index contributed by atoms with van der Waals surface area (Å²) in [5, 5.41) is 3.68. The molecular formula is C25H16Br2ClNO3.